The zero-order valence-corrected chi connectivity index (χ0v) is 6.90. The van der Waals surface area contributed by atoms with Crippen molar-refractivity contribution in [2.24, 2.45) is 0 Å². The molecular weight excluding hydrogens is 159 g/mol. The van der Waals surface area contributed by atoms with Gasteiger partial charge in [0, 0.05) is 0 Å². The van der Waals surface area contributed by atoms with E-state index in [1.807, 2.05) is 6.07 Å². The van der Waals surface area contributed by atoms with E-state index in [0.717, 1.165) is 12.0 Å². The summed E-state index contributed by atoms with van der Waals surface area (Å²) in [6.45, 7) is 0. The second-order valence-electron chi connectivity index (χ2n) is 2.30. The molecule has 0 aliphatic carbocycles. The van der Waals surface area contributed by atoms with Crippen LogP contribution in [0.1, 0.15) is 12.0 Å². The number of hydrogen-bond acceptors (Lipinski definition) is 1. The lowest BCUT2D eigenvalue weighted by molar-refractivity contribution is 0.611. The molecule has 0 atom stereocenters. The van der Waals surface area contributed by atoms with Crippen LogP contribution >= 0.6 is 12.2 Å². The fraction of sp³-hybridized carbons (Fsp3) is 0.222. The Hall–Kier alpha value is -0.760. The van der Waals surface area contributed by atoms with Gasteiger partial charge in [0.1, 0.15) is 5.82 Å². The second kappa shape index (κ2) is 4.19. The predicted octanol–water partition coefficient (Wildman–Crippen LogP) is 2.76. The highest BCUT2D eigenvalue weighted by atomic mass is 32.1. The third-order valence-corrected chi connectivity index (χ3v) is 1.73. The maximum absolute atomic E-state index is 12.9. The number of thiocarbonyl (C=S) groups is 1. The first kappa shape index (κ1) is 8.34. The molecule has 11 heavy (non-hydrogen) atoms. The van der Waals surface area contributed by atoms with Crippen LogP contribution in [-0.2, 0) is 6.42 Å². The highest BCUT2D eigenvalue weighted by Gasteiger charge is 1.97. The molecule has 0 bridgehead atoms. The van der Waals surface area contributed by atoms with Gasteiger partial charge in [-0.1, -0.05) is 30.4 Å². The maximum Gasteiger partial charge on any atom is 0.126 e. The van der Waals surface area contributed by atoms with Crippen molar-refractivity contribution < 1.29 is 4.39 Å². The maximum atomic E-state index is 12.9. The fourth-order valence-corrected chi connectivity index (χ4v) is 1.03. The zero-order chi connectivity index (χ0) is 8.10. The minimum atomic E-state index is -0.135. The largest absolute Gasteiger partial charge is 0.207 e. The Labute approximate surface area is 71.1 Å². The van der Waals surface area contributed by atoms with E-state index in [4.69, 9.17) is 0 Å². The molecule has 0 aliphatic rings. The minimum Gasteiger partial charge on any atom is -0.207 e. The molecule has 1 aromatic rings. The van der Waals surface area contributed by atoms with Gasteiger partial charge in [-0.15, -0.1) is 0 Å². The number of benzene rings is 1. The van der Waals surface area contributed by atoms with Gasteiger partial charge in [-0.25, -0.2) is 4.39 Å². The third kappa shape index (κ3) is 2.39. The summed E-state index contributed by atoms with van der Waals surface area (Å²) in [5, 5.41) is 1.63. The summed E-state index contributed by atoms with van der Waals surface area (Å²) in [4.78, 5) is 0. The van der Waals surface area contributed by atoms with Crippen LogP contribution in [0, 0.1) is 5.82 Å². The number of halogens is 1. The average Bonchev–Trinajstić information content (AvgIpc) is 2.03. The monoisotopic (exact) mass is 168 g/mol. The smallest absolute Gasteiger partial charge is 0.126 e. The first-order valence-electron chi connectivity index (χ1n) is 3.51. The summed E-state index contributed by atoms with van der Waals surface area (Å²) >= 11 is 4.65. The summed E-state index contributed by atoms with van der Waals surface area (Å²) in [5.74, 6) is -0.135. The molecule has 0 nitrogen and oxygen atoms in total. The molecule has 0 heterocycles. The molecular formula is C9H9FS. The average molecular weight is 168 g/mol. The zero-order valence-electron chi connectivity index (χ0n) is 6.09. The first-order valence-corrected chi connectivity index (χ1v) is 3.99. The number of rotatable bonds is 3. The van der Waals surface area contributed by atoms with Gasteiger partial charge in [0.05, 0.1) is 0 Å². The molecule has 0 amide bonds. The van der Waals surface area contributed by atoms with Gasteiger partial charge >= 0.3 is 0 Å². The Morgan fingerprint density at radius 1 is 1.36 bits per heavy atom. The Morgan fingerprint density at radius 3 is 2.73 bits per heavy atom. The molecule has 1 aromatic carbocycles. The molecule has 0 saturated carbocycles. The van der Waals surface area contributed by atoms with Gasteiger partial charge < -0.3 is 0 Å². The quantitative estimate of drug-likeness (QED) is 0.625. The van der Waals surface area contributed by atoms with Crippen LogP contribution in [0.15, 0.2) is 24.3 Å². The lowest BCUT2D eigenvalue weighted by atomic mass is 10.1. The van der Waals surface area contributed by atoms with Crippen LogP contribution < -0.4 is 0 Å². The van der Waals surface area contributed by atoms with Gasteiger partial charge in [-0.05, 0) is 29.8 Å². The van der Waals surface area contributed by atoms with E-state index in [9.17, 15) is 4.39 Å². The first-order chi connectivity index (χ1) is 5.34. The van der Waals surface area contributed by atoms with E-state index in [1.54, 1.807) is 17.5 Å². The number of hydrogen-bond donors (Lipinski definition) is 0. The van der Waals surface area contributed by atoms with Crippen molar-refractivity contribution >= 4 is 17.6 Å². The van der Waals surface area contributed by atoms with Crippen LogP contribution in [0.25, 0.3) is 0 Å². The van der Waals surface area contributed by atoms with Gasteiger partial charge in [0.25, 0.3) is 0 Å². The number of aryl methyl sites for hydroxylation is 1. The molecule has 0 unspecified atom stereocenters. The molecule has 0 N–H and O–H groups in total. The Bertz CT molecular complexity index is 245. The lowest BCUT2D eigenvalue weighted by Gasteiger charge is -1.97. The van der Waals surface area contributed by atoms with Crippen molar-refractivity contribution in [2.75, 3.05) is 0 Å². The van der Waals surface area contributed by atoms with Gasteiger partial charge in [0.2, 0.25) is 0 Å². The Kier molecular flexibility index (Phi) is 3.17. The van der Waals surface area contributed by atoms with Crippen molar-refractivity contribution in [3.63, 3.8) is 0 Å². The predicted molar refractivity (Wildman–Crippen MR) is 48.4 cm³/mol. The van der Waals surface area contributed by atoms with Crippen molar-refractivity contribution in [3.05, 3.63) is 35.6 Å². The molecule has 0 radical (unpaired) electrons. The Morgan fingerprint density at radius 2 is 2.09 bits per heavy atom. The van der Waals surface area contributed by atoms with Crippen LogP contribution in [0.4, 0.5) is 4.39 Å². The van der Waals surface area contributed by atoms with Crippen LogP contribution in [0.5, 0.6) is 0 Å². The molecule has 0 fully saturated rings. The summed E-state index contributed by atoms with van der Waals surface area (Å²) in [7, 11) is 0. The van der Waals surface area contributed by atoms with Crippen molar-refractivity contribution in [3.8, 4) is 0 Å². The van der Waals surface area contributed by atoms with Crippen LogP contribution in [0.3, 0.4) is 0 Å². The molecule has 0 aromatic heterocycles. The van der Waals surface area contributed by atoms with E-state index in [1.165, 1.54) is 6.07 Å². The van der Waals surface area contributed by atoms with Gasteiger partial charge in [-0.2, -0.15) is 0 Å². The van der Waals surface area contributed by atoms with E-state index >= 15 is 0 Å². The second-order valence-corrected chi connectivity index (χ2v) is 2.63. The summed E-state index contributed by atoms with van der Waals surface area (Å²) in [5.41, 5.74) is 0.744. The van der Waals surface area contributed by atoms with Gasteiger partial charge in [0.15, 0.2) is 0 Å². The summed E-state index contributed by atoms with van der Waals surface area (Å²) in [6, 6.07) is 6.78. The van der Waals surface area contributed by atoms with Crippen molar-refractivity contribution in [2.45, 2.75) is 12.8 Å². The van der Waals surface area contributed by atoms with Crippen LogP contribution in [-0.4, -0.2) is 5.37 Å². The third-order valence-electron chi connectivity index (χ3n) is 1.49. The Balaban J connectivity index is 2.69. The molecule has 2 heteroatoms. The minimum absolute atomic E-state index is 0.135. The molecule has 1 rings (SSSR count). The highest BCUT2D eigenvalue weighted by molar-refractivity contribution is 7.78. The molecule has 0 spiro atoms. The molecule has 0 aliphatic heterocycles. The SMILES string of the molecule is Fc1ccccc1CCC=S. The summed E-state index contributed by atoms with van der Waals surface area (Å²) < 4.78 is 12.9. The van der Waals surface area contributed by atoms with Crippen molar-refractivity contribution in [1.29, 1.82) is 0 Å². The fourth-order valence-electron chi connectivity index (χ4n) is 0.916. The summed E-state index contributed by atoms with van der Waals surface area (Å²) in [6.07, 6.45) is 1.46. The van der Waals surface area contributed by atoms with E-state index < -0.39 is 0 Å². The van der Waals surface area contributed by atoms with Crippen molar-refractivity contribution in [1.82, 2.24) is 0 Å². The van der Waals surface area contributed by atoms with Crippen LogP contribution in [0.2, 0.25) is 0 Å². The van der Waals surface area contributed by atoms with E-state index in [2.05, 4.69) is 12.2 Å². The van der Waals surface area contributed by atoms with E-state index in [-0.39, 0.29) is 5.82 Å². The van der Waals surface area contributed by atoms with E-state index in [0.29, 0.717) is 6.42 Å². The highest BCUT2D eigenvalue weighted by Crippen LogP contribution is 2.07. The molecule has 58 valence electrons. The standard InChI is InChI=1S/C9H9FS/c10-9-6-2-1-4-8(9)5-3-7-11/h1-2,4,6-7H,3,5H2. The normalized spacial score (nSPS) is 9.55. The lowest BCUT2D eigenvalue weighted by Crippen LogP contribution is -1.89. The topological polar surface area (TPSA) is 0 Å². The van der Waals surface area contributed by atoms with Gasteiger partial charge in [-0.3, -0.25) is 0 Å². The molecule has 0 saturated heterocycles.